The van der Waals surface area contributed by atoms with E-state index in [-0.39, 0.29) is 6.04 Å². The molecule has 0 amide bonds. The smallest absolute Gasteiger partial charge is 0.138 e. The Morgan fingerprint density at radius 3 is 2.24 bits per heavy atom. The van der Waals surface area contributed by atoms with E-state index < -0.39 is 0 Å². The third-order valence-electron chi connectivity index (χ3n) is 4.12. The molecule has 1 unspecified atom stereocenters. The minimum Gasteiger partial charge on any atom is -0.327 e. The summed E-state index contributed by atoms with van der Waals surface area (Å²) in [4.78, 5) is 4.29. The van der Waals surface area contributed by atoms with Crippen LogP contribution in [0.15, 0.2) is 6.33 Å². The summed E-state index contributed by atoms with van der Waals surface area (Å²) >= 11 is 0. The van der Waals surface area contributed by atoms with Crippen LogP contribution < -0.4 is 5.73 Å². The Bertz CT molecular complexity index is 348. The maximum absolute atomic E-state index is 6.20. The summed E-state index contributed by atoms with van der Waals surface area (Å²) in [5.41, 5.74) is 6.20. The molecule has 1 rings (SSSR count). The first-order valence-electron chi connectivity index (χ1n) is 8.90. The van der Waals surface area contributed by atoms with Crippen molar-refractivity contribution in [2.24, 2.45) is 5.73 Å². The van der Waals surface area contributed by atoms with E-state index in [9.17, 15) is 0 Å². The van der Waals surface area contributed by atoms with Gasteiger partial charge in [0.1, 0.15) is 12.2 Å². The van der Waals surface area contributed by atoms with Crippen LogP contribution in [-0.2, 0) is 13.0 Å². The zero-order chi connectivity index (χ0) is 15.3. The van der Waals surface area contributed by atoms with Gasteiger partial charge in [-0.25, -0.2) is 4.98 Å². The number of nitrogens with zero attached hydrogens (tertiary/aromatic N) is 3. The highest BCUT2D eigenvalue weighted by molar-refractivity contribution is 4.88. The van der Waals surface area contributed by atoms with Gasteiger partial charge in [-0.15, -0.1) is 0 Å². The van der Waals surface area contributed by atoms with Crippen molar-refractivity contribution in [3.63, 3.8) is 0 Å². The van der Waals surface area contributed by atoms with Gasteiger partial charge in [-0.1, -0.05) is 64.7 Å². The molecule has 122 valence electrons. The molecule has 4 heteroatoms. The standard InChI is InChI=1S/C17H34N4/c1-3-5-6-7-8-9-10-11-12-13-16(18)14-17-19-15-20-21(17)4-2/h15-16H,3-14,18H2,1-2H3. The van der Waals surface area contributed by atoms with Crippen LogP contribution in [-0.4, -0.2) is 20.8 Å². The van der Waals surface area contributed by atoms with E-state index in [0.29, 0.717) is 0 Å². The molecule has 2 N–H and O–H groups in total. The summed E-state index contributed by atoms with van der Waals surface area (Å²) in [6, 6.07) is 0.226. The Morgan fingerprint density at radius 2 is 1.62 bits per heavy atom. The summed E-state index contributed by atoms with van der Waals surface area (Å²) in [6.45, 7) is 5.23. The van der Waals surface area contributed by atoms with Crippen LogP contribution in [0.25, 0.3) is 0 Å². The zero-order valence-corrected chi connectivity index (χ0v) is 14.1. The molecule has 0 saturated heterocycles. The third-order valence-corrected chi connectivity index (χ3v) is 4.12. The lowest BCUT2D eigenvalue weighted by Crippen LogP contribution is -2.24. The van der Waals surface area contributed by atoms with Gasteiger partial charge in [-0.2, -0.15) is 5.10 Å². The van der Waals surface area contributed by atoms with Crippen molar-refractivity contribution in [2.45, 2.75) is 97.1 Å². The maximum atomic E-state index is 6.20. The molecule has 0 spiro atoms. The number of rotatable bonds is 13. The number of unbranched alkanes of at least 4 members (excludes halogenated alkanes) is 8. The highest BCUT2D eigenvalue weighted by Crippen LogP contribution is 2.12. The Labute approximate surface area is 130 Å². The van der Waals surface area contributed by atoms with E-state index in [1.807, 2.05) is 4.68 Å². The second-order valence-electron chi connectivity index (χ2n) is 6.07. The summed E-state index contributed by atoms with van der Waals surface area (Å²) in [5.74, 6) is 1.03. The van der Waals surface area contributed by atoms with Crippen LogP contribution >= 0.6 is 0 Å². The molecule has 4 nitrogen and oxygen atoms in total. The van der Waals surface area contributed by atoms with Crippen molar-refractivity contribution in [3.8, 4) is 0 Å². The van der Waals surface area contributed by atoms with E-state index >= 15 is 0 Å². The van der Waals surface area contributed by atoms with Gasteiger partial charge in [0.05, 0.1) is 0 Å². The average Bonchev–Trinajstić information content (AvgIpc) is 2.92. The predicted molar refractivity (Wildman–Crippen MR) is 89.2 cm³/mol. The van der Waals surface area contributed by atoms with E-state index in [2.05, 4.69) is 23.9 Å². The van der Waals surface area contributed by atoms with Gasteiger partial charge >= 0.3 is 0 Å². The number of hydrogen-bond acceptors (Lipinski definition) is 3. The van der Waals surface area contributed by atoms with Crippen molar-refractivity contribution in [1.82, 2.24) is 14.8 Å². The highest BCUT2D eigenvalue weighted by Gasteiger charge is 2.09. The van der Waals surface area contributed by atoms with Gasteiger partial charge in [0, 0.05) is 19.0 Å². The second-order valence-corrected chi connectivity index (χ2v) is 6.07. The number of nitrogens with two attached hydrogens (primary N) is 1. The van der Waals surface area contributed by atoms with E-state index in [0.717, 1.165) is 25.2 Å². The lowest BCUT2D eigenvalue weighted by Gasteiger charge is -2.11. The van der Waals surface area contributed by atoms with Crippen LogP contribution in [0, 0.1) is 0 Å². The van der Waals surface area contributed by atoms with Crippen molar-refractivity contribution >= 4 is 0 Å². The fourth-order valence-electron chi connectivity index (χ4n) is 2.76. The minimum absolute atomic E-state index is 0.226. The topological polar surface area (TPSA) is 56.7 Å². The fraction of sp³-hybridized carbons (Fsp3) is 0.882. The van der Waals surface area contributed by atoms with Gasteiger partial charge in [-0.05, 0) is 13.3 Å². The molecular weight excluding hydrogens is 260 g/mol. The SMILES string of the molecule is CCCCCCCCCCCC(N)Cc1ncnn1CC. The first kappa shape index (κ1) is 18.1. The van der Waals surface area contributed by atoms with Crippen molar-refractivity contribution < 1.29 is 0 Å². The van der Waals surface area contributed by atoms with Crippen LogP contribution in [0.3, 0.4) is 0 Å². The normalized spacial score (nSPS) is 12.7. The zero-order valence-electron chi connectivity index (χ0n) is 14.1. The number of hydrogen-bond donors (Lipinski definition) is 1. The molecular formula is C17H34N4. The number of aromatic nitrogens is 3. The summed E-state index contributed by atoms with van der Waals surface area (Å²) in [6.07, 6.45) is 15.9. The van der Waals surface area contributed by atoms with Crippen LogP contribution in [0.1, 0.15) is 83.9 Å². The van der Waals surface area contributed by atoms with Crippen molar-refractivity contribution in [1.29, 1.82) is 0 Å². The van der Waals surface area contributed by atoms with Gasteiger partial charge in [0.25, 0.3) is 0 Å². The molecule has 0 aliphatic heterocycles. The van der Waals surface area contributed by atoms with Gasteiger partial charge in [-0.3, -0.25) is 4.68 Å². The molecule has 0 fully saturated rings. The molecule has 1 atom stereocenters. The quantitative estimate of drug-likeness (QED) is 0.557. The third kappa shape index (κ3) is 8.20. The van der Waals surface area contributed by atoms with E-state index in [4.69, 9.17) is 5.73 Å². The molecule has 0 aromatic carbocycles. The first-order valence-corrected chi connectivity index (χ1v) is 8.90. The van der Waals surface area contributed by atoms with Crippen LogP contribution in [0.5, 0.6) is 0 Å². The van der Waals surface area contributed by atoms with Gasteiger partial charge < -0.3 is 5.73 Å². The van der Waals surface area contributed by atoms with Gasteiger partial charge in [0.15, 0.2) is 0 Å². The molecule has 0 saturated carbocycles. The minimum atomic E-state index is 0.226. The first-order chi connectivity index (χ1) is 10.3. The van der Waals surface area contributed by atoms with Crippen LogP contribution in [0.2, 0.25) is 0 Å². The molecule has 0 aliphatic rings. The lowest BCUT2D eigenvalue weighted by atomic mass is 10.0. The van der Waals surface area contributed by atoms with Crippen molar-refractivity contribution in [3.05, 3.63) is 12.2 Å². The molecule has 21 heavy (non-hydrogen) atoms. The Hall–Kier alpha value is -0.900. The fourth-order valence-corrected chi connectivity index (χ4v) is 2.76. The second kappa shape index (κ2) is 11.7. The Kier molecular flexibility index (Phi) is 10.1. The summed E-state index contributed by atoms with van der Waals surface area (Å²) in [7, 11) is 0. The predicted octanol–water partition coefficient (Wildman–Crippen LogP) is 4.09. The molecule has 1 aromatic rings. The summed E-state index contributed by atoms with van der Waals surface area (Å²) in [5, 5.41) is 4.19. The number of aryl methyl sites for hydroxylation is 1. The van der Waals surface area contributed by atoms with Crippen LogP contribution in [0.4, 0.5) is 0 Å². The Morgan fingerprint density at radius 1 is 1.00 bits per heavy atom. The molecule has 0 aliphatic carbocycles. The summed E-state index contributed by atoms with van der Waals surface area (Å²) < 4.78 is 1.94. The molecule has 0 bridgehead atoms. The highest BCUT2D eigenvalue weighted by atomic mass is 15.3. The van der Waals surface area contributed by atoms with Gasteiger partial charge in [0.2, 0.25) is 0 Å². The molecule has 1 heterocycles. The van der Waals surface area contributed by atoms with Crippen molar-refractivity contribution in [2.75, 3.05) is 0 Å². The Balaban J connectivity index is 1.97. The molecule has 0 radical (unpaired) electrons. The molecule has 1 aromatic heterocycles. The monoisotopic (exact) mass is 294 g/mol. The maximum Gasteiger partial charge on any atom is 0.138 e. The van der Waals surface area contributed by atoms with E-state index in [1.54, 1.807) is 6.33 Å². The lowest BCUT2D eigenvalue weighted by molar-refractivity contribution is 0.504. The largest absolute Gasteiger partial charge is 0.327 e. The van der Waals surface area contributed by atoms with E-state index in [1.165, 1.54) is 57.8 Å². The average molecular weight is 294 g/mol.